The lowest BCUT2D eigenvalue weighted by Crippen LogP contribution is -2.54. The molecule has 0 aromatic heterocycles. The molecule has 0 radical (unpaired) electrons. The SMILES string of the molecule is COC(=O)/C1=C\C2c3cc(ccc3O[C@H]2Nc2ccccc2)CCC(=O)NC(C(C)(C)C)C(=O)N1. The van der Waals surface area contributed by atoms with Crippen LogP contribution in [-0.2, 0) is 25.5 Å². The Kier molecular flexibility index (Phi) is 6.82. The van der Waals surface area contributed by atoms with Crippen molar-refractivity contribution in [1.82, 2.24) is 10.6 Å². The Bertz CT molecular complexity index is 1150. The fourth-order valence-corrected chi connectivity index (χ4v) is 4.31. The predicted molar refractivity (Wildman–Crippen MR) is 132 cm³/mol. The van der Waals surface area contributed by atoms with Crippen LogP contribution in [0.1, 0.15) is 44.2 Å². The van der Waals surface area contributed by atoms with Gasteiger partial charge in [-0.1, -0.05) is 51.1 Å². The molecule has 0 saturated carbocycles. The van der Waals surface area contributed by atoms with Crippen LogP contribution >= 0.6 is 0 Å². The lowest BCUT2D eigenvalue weighted by atomic mass is 9.86. The van der Waals surface area contributed by atoms with Crippen LogP contribution in [0, 0.1) is 5.41 Å². The summed E-state index contributed by atoms with van der Waals surface area (Å²) in [6.07, 6.45) is 1.88. The number of carbonyl (C=O) groups excluding carboxylic acids is 3. The number of nitrogens with one attached hydrogen (secondary N) is 3. The second kappa shape index (κ2) is 9.82. The molecule has 3 atom stereocenters. The summed E-state index contributed by atoms with van der Waals surface area (Å²) in [7, 11) is 1.26. The van der Waals surface area contributed by atoms with Crippen LogP contribution in [0.2, 0.25) is 0 Å². The molecule has 2 aromatic rings. The molecule has 0 spiro atoms. The molecule has 2 aromatic carbocycles. The van der Waals surface area contributed by atoms with Gasteiger partial charge in [-0.3, -0.25) is 9.59 Å². The van der Waals surface area contributed by atoms with Gasteiger partial charge in [0.2, 0.25) is 11.8 Å². The zero-order chi connectivity index (χ0) is 25.2. The number of anilines is 1. The zero-order valence-corrected chi connectivity index (χ0v) is 20.4. The number of hydrogen-bond acceptors (Lipinski definition) is 6. The number of para-hydroxylation sites is 1. The summed E-state index contributed by atoms with van der Waals surface area (Å²) in [6, 6.07) is 14.6. The Morgan fingerprint density at radius 3 is 2.51 bits per heavy atom. The zero-order valence-electron chi connectivity index (χ0n) is 20.4. The van der Waals surface area contributed by atoms with Crippen molar-refractivity contribution >= 4 is 23.5 Å². The molecule has 2 aliphatic rings. The van der Waals surface area contributed by atoms with E-state index in [-0.39, 0.29) is 18.0 Å². The minimum atomic E-state index is -0.847. The standard InChI is InChI=1S/C27H31N3O5/c1-27(2,3)23-24(32)29-20(26(33)34-4)15-19-18-14-16(11-13-22(31)30-23)10-12-21(18)35-25(19)28-17-8-6-5-7-9-17/h5-10,12,14-15,19,23,25,28H,11,13H2,1-4H3,(H,29,32)(H,30,31)/b20-15+/t19?,23?,25-/m1/s1. The van der Waals surface area contributed by atoms with Gasteiger partial charge < -0.3 is 25.4 Å². The van der Waals surface area contributed by atoms with E-state index in [0.29, 0.717) is 12.2 Å². The molecule has 0 fully saturated rings. The van der Waals surface area contributed by atoms with E-state index in [1.807, 2.05) is 69.3 Å². The van der Waals surface area contributed by atoms with E-state index in [2.05, 4.69) is 16.0 Å². The average molecular weight is 478 g/mol. The van der Waals surface area contributed by atoms with Gasteiger partial charge in [0.15, 0.2) is 6.23 Å². The van der Waals surface area contributed by atoms with Gasteiger partial charge in [-0.2, -0.15) is 0 Å². The predicted octanol–water partition coefficient (Wildman–Crippen LogP) is 3.25. The molecule has 2 heterocycles. The van der Waals surface area contributed by atoms with E-state index in [0.717, 1.165) is 16.8 Å². The summed E-state index contributed by atoms with van der Waals surface area (Å²) in [4.78, 5) is 38.7. The highest BCUT2D eigenvalue weighted by Gasteiger charge is 2.37. The van der Waals surface area contributed by atoms with Crippen LogP contribution in [-0.4, -0.2) is 37.2 Å². The van der Waals surface area contributed by atoms with Crippen LogP contribution < -0.4 is 20.7 Å². The van der Waals surface area contributed by atoms with Gasteiger partial charge in [0.05, 0.1) is 13.0 Å². The number of amides is 2. The third-order valence-electron chi connectivity index (χ3n) is 6.18. The molecule has 184 valence electrons. The van der Waals surface area contributed by atoms with Crippen LogP contribution in [0.4, 0.5) is 5.69 Å². The van der Waals surface area contributed by atoms with Gasteiger partial charge >= 0.3 is 5.97 Å². The number of fused-ring (bicyclic) bond motifs is 1. The lowest BCUT2D eigenvalue weighted by molar-refractivity contribution is -0.138. The quantitative estimate of drug-likeness (QED) is 0.586. The maximum atomic E-state index is 13.3. The van der Waals surface area contributed by atoms with E-state index >= 15 is 0 Å². The minimum Gasteiger partial charge on any atom is -0.469 e. The van der Waals surface area contributed by atoms with Crippen LogP contribution in [0.15, 0.2) is 60.3 Å². The third-order valence-corrected chi connectivity index (χ3v) is 6.18. The monoisotopic (exact) mass is 477 g/mol. The molecule has 2 aliphatic heterocycles. The topological polar surface area (TPSA) is 106 Å². The van der Waals surface area contributed by atoms with Gasteiger partial charge in [0, 0.05) is 17.7 Å². The molecular weight excluding hydrogens is 446 g/mol. The number of rotatable bonds is 3. The molecule has 0 saturated heterocycles. The van der Waals surface area contributed by atoms with Gasteiger partial charge in [-0.15, -0.1) is 0 Å². The second-order valence-corrected chi connectivity index (χ2v) is 9.87. The number of methoxy groups -OCH3 is 1. The molecular formula is C27H31N3O5. The Morgan fingerprint density at radius 2 is 1.83 bits per heavy atom. The summed E-state index contributed by atoms with van der Waals surface area (Å²) in [6.45, 7) is 5.57. The largest absolute Gasteiger partial charge is 0.469 e. The van der Waals surface area contributed by atoms with Crippen LogP contribution in [0.25, 0.3) is 0 Å². The number of ether oxygens (including phenoxy) is 2. The first kappa shape index (κ1) is 24.3. The third kappa shape index (κ3) is 5.48. The maximum absolute atomic E-state index is 13.3. The van der Waals surface area contributed by atoms with Gasteiger partial charge in [-0.25, -0.2) is 4.79 Å². The smallest absolute Gasteiger partial charge is 0.354 e. The number of esters is 1. The van der Waals surface area contributed by atoms with Gasteiger partial charge in [0.1, 0.15) is 17.5 Å². The Labute approximate surface area is 205 Å². The molecule has 8 heteroatoms. The highest BCUT2D eigenvalue weighted by Crippen LogP contribution is 2.41. The number of carbonyl (C=O) groups is 3. The minimum absolute atomic E-state index is 0.00744. The van der Waals surface area contributed by atoms with Gasteiger partial charge in [0.25, 0.3) is 0 Å². The first-order valence-electron chi connectivity index (χ1n) is 11.7. The molecule has 2 amide bonds. The lowest BCUT2D eigenvalue weighted by Gasteiger charge is -2.30. The van der Waals surface area contributed by atoms with Crippen molar-refractivity contribution in [3.05, 3.63) is 71.4 Å². The maximum Gasteiger partial charge on any atom is 0.354 e. The van der Waals surface area contributed by atoms with E-state index in [9.17, 15) is 14.4 Å². The second-order valence-electron chi connectivity index (χ2n) is 9.87. The normalized spacial score (nSPS) is 23.8. The Balaban J connectivity index is 1.79. The van der Waals surface area contributed by atoms with Crippen molar-refractivity contribution in [1.29, 1.82) is 0 Å². The highest BCUT2D eigenvalue weighted by atomic mass is 16.5. The molecule has 8 nitrogen and oxygen atoms in total. The fraction of sp³-hybridized carbons (Fsp3) is 0.370. The fourth-order valence-electron chi connectivity index (χ4n) is 4.31. The molecule has 4 rings (SSSR count). The Hall–Kier alpha value is -3.81. The average Bonchev–Trinajstić information content (AvgIpc) is 3.15. The summed E-state index contributed by atoms with van der Waals surface area (Å²) < 4.78 is 11.2. The van der Waals surface area contributed by atoms with Crippen molar-refractivity contribution in [2.45, 2.75) is 51.8 Å². The van der Waals surface area contributed by atoms with Crippen molar-refractivity contribution in [2.24, 2.45) is 5.41 Å². The summed E-state index contributed by atoms with van der Waals surface area (Å²) in [5.74, 6) is -1.14. The van der Waals surface area contributed by atoms with Crippen molar-refractivity contribution in [2.75, 3.05) is 12.4 Å². The van der Waals surface area contributed by atoms with E-state index in [4.69, 9.17) is 9.47 Å². The first-order chi connectivity index (χ1) is 16.7. The van der Waals surface area contributed by atoms with E-state index in [1.165, 1.54) is 7.11 Å². The van der Waals surface area contributed by atoms with Crippen molar-refractivity contribution < 1.29 is 23.9 Å². The molecule has 35 heavy (non-hydrogen) atoms. The molecule has 2 bridgehead atoms. The molecule has 0 aliphatic carbocycles. The molecule has 2 unspecified atom stereocenters. The Morgan fingerprint density at radius 1 is 1.09 bits per heavy atom. The molecule has 3 N–H and O–H groups in total. The highest BCUT2D eigenvalue weighted by molar-refractivity contribution is 5.97. The van der Waals surface area contributed by atoms with Crippen molar-refractivity contribution in [3.8, 4) is 5.75 Å². The van der Waals surface area contributed by atoms with E-state index in [1.54, 1.807) is 6.08 Å². The number of hydrogen-bond donors (Lipinski definition) is 3. The first-order valence-corrected chi connectivity index (χ1v) is 11.7. The van der Waals surface area contributed by atoms with Gasteiger partial charge in [-0.05, 0) is 41.7 Å². The number of aryl methyl sites for hydroxylation is 1. The van der Waals surface area contributed by atoms with E-state index < -0.39 is 35.5 Å². The van der Waals surface area contributed by atoms with Crippen molar-refractivity contribution in [3.63, 3.8) is 0 Å². The number of benzene rings is 2. The summed E-state index contributed by atoms with van der Waals surface area (Å²) in [5, 5.41) is 8.93. The van der Waals surface area contributed by atoms with Crippen LogP contribution in [0.3, 0.4) is 0 Å². The summed E-state index contributed by atoms with van der Waals surface area (Å²) in [5.41, 5.74) is 2.09. The van der Waals surface area contributed by atoms with Crippen LogP contribution in [0.5, 0.6) is 5.75 Å². The summed E-state index contributed by atoms with van der Waals surface area (Å²) >= 11 is 0.